The molecule has 3 heterocycles. The smallest absolute Gasteiger partial charge is 0.243 e. The molecule has 18 heavy (non-hydrogen) atoms. The van der Waals surface area contributed by atoms with Crippen LogP contribution >= 0.6 is 0 Å². The summed E-state index contributed by atoms with van der Waals surface area (Å²) in [5, 5.41) is 7.69. The van der Waals surface area contributed by atoms with Gasteiger partial charge in [0, 0.05) is 26.0 Å². The van der Waals surface area contributed by atoms with E-state index in [1.807, 2.05) is 29.8 Å². The fraction of sp³-hybridized carbons (Fsp3) is 0.538. The molecule has 5 heteroatoms. The standard InChI is InChI=1S/C13H18N4O/c1-10-3-2-7-17-12(10)15-13(16-17)14-6-4-11-5-8-18-9-11/h2-3,7,11H,4-6,8-9H2,1H3,(H,14,16). The summed E-state index contributed by atoms with van der Waals surface area (Å²) in [4.78, 5) is 4.49. The normalized spacial score (nSPS) is 19.5. The van der Waals surface area contributed by atoms with E-state index in [2.05, 4.69) is 15.4 Å². The Morgan fingerprint density at radius 1 is 1.56 bits per heavy atom. The first kappa shape index (κ1) is 11.5. The number of ether oxygens (including phenoxy) is 1. The minimum Gasteiger partial charge on any atom is -0.381 e. The SMILES string of the molecule is Cc1cccn2nc(NCCC3CCOC3)nc12. The Morgan fingerprint density at radius 3 is 3.28 bits per heavy atom. The Morgan fingerprint density at radius 2 is 2.50 bits per heavy atom. The zero-order chi connectivity index (χ0) is 12.4. The van der Waals surface area contributed by atoms with Crippen LogP contribution in [0.25, 0.3) is 5.65 Å². The van der Waals surface area contributed by atoms with Crippen molar-refractivity contribution >= 4 is 11.6 Å². The van der Waals surface area contributed by atoms with Gasteiger partial charge in [0.25, 0.3) is 0 Å². The molecular formula is C13H18N4O. The van der Waals surface area contributed by atoms with Crippen molar-refractivity contribution in [3.05, 3.63) is 23.9 Å². The summed E-state index contributed by atoms with van der Waals surface area (Å²) in [7, 11) is 0. The Bertz CT molecular complexity index is 531. The Hall–Kier alpha value is -1.62. The second-order valence-corrected chi connectivity index (χ2v) is 4.84. The van der Waals surface area contributed by atoms with Gasteiger partial charge < -0.3 is 10.1 Å². The third-order valence-corrected chi connectivity index (χ3v) is 3.42. The molecule has 1 aliphatic heterocycles. The van der Waals surface area contributed by atoms with E-state index in [1.165, 1.54) is 6.42 Å². The number of aryl methyl sites for hydroxylation is 1. The van der Waals surface area contributed by atoms with E-state index in [4.69, 9.17) is 4.74 Å². The maximum atomic E-state index is 5.36. The first-order valence-electron chi connectivity index (χ1n) is 6.46. The predicted octanol–water partition coefficient (Wildman–Crippen LogP) is 1.88. The summed E-state index contributed by atoms with van der Waals surface area (Å²) in [6.45, 7) is 4.77. The van der Waals surface area contributed by atoms with E-state index in [0.29, 0.717) is 11.9 Å². The average Bonchev–Trinajstić information content (AvgIpc) is 2.98. The van der Waals surface area contributed by atoms with E-state index in [1.54, 1.807) is 0 Å². The molecule has 1 saturated heterocycles. The topological polar surface area (TPSA) is 51.5 Å². The number of pyridine rings is 1. The van der Waals surface area contributed by atoms with Crippen LogP contribution in [0.15, 0.2) is 18.3 Å². The number of hydrogen-bond acceptors (Lipinski definition) is 4. The van der Waals surface area contributed by atoms with Crippen LogP contribution in [0, 0.1) is 12.8 Å². The van der Waals surface area contributed by atoms with Gasteiger partial charge in [-0.3, -0.25) is 0 Å². The lowest BCUT2D eigenvalue weighted by Gasteiger charge is -2.06. The molecular weight excluding hydrogens is 228 g/mol. The zero-order valence-corrected chi connectivity index (χ0v) is 10.6. The monoisotopic (exact) mass is 246 g/mol. The molecule has 1 unspecified atom stereocenters. The molecule has 0 spiro atoms. The van der Waals surface area contributed by atoms with Crippen LogP contribution in [0.2, 0.25) is 0 Å². The van der Waals surface area contributed by atoms with E-state index in [0.717, 1.165) is 37.4 Å². The maximum Gasteiger partial charge on any atom is 0.243 e. The summed E-state index contributed by atoms with van der Waals surface area (Å²) in [5.41, 5.74) is 2.06. The second kappa shape index (κ2) is 4.94. The van der Waals surface area contributed by atoms with Gasteiger partial charge in [-0.25, -0.2) is 4.52 Å². The summed E-state index contributed by atoms with van der Waals surface area (Å²) < 4.78 is 7.18. The first-order valence-corrected chi connectivity index (χ1v) is 6.46. The van der Waals surface area contributed by atoms with Crippen LogP contribution in [0.5, 0.6) is 0 Å². The van der Waals surface area contributed by atoms with Gasteiger partial charge in [-0.2, -0.15) is 4.98 Å². The Labute approximate surface area is 106 Å². The molecule has 5 nitrogen and oxygen atoms in total. The van der Waals surface area contributed by atoms with Gasteiger partial charge >= 0.3 is 0 Å². The summed E-state index contributed by atoms with van der Waals surface area (Å²) in [5.74, 6) is 1.40. The molecule has 3 rings (SSSR count). The van der Waals surface area contributed by atoms with Gasteiger partial charge in [-0.1, -0.05) is 6.07 Å². The van der Waals surface area contributed by atoms with Crippen molar-refractivity contribution in [3.63, 3.8) is 0 Å². The molecule has 2 aromatic heterocycles. The van der Waals surface area contributed by atoms with Crippen molar-refractivity contribution in [2.75, 3.05) is 25.1 Å². The van der Waals surface area contributed by atoms with Gasteiger partial charge in [-0.15, -0.1) is 5.10 Å². The van der Waals surface area contributed by atoms with Crippen LogP contribution in [0.3, 0.4) is 0 Å². The molecule has 1 N–H and O–H groups in total. The number of nitrogens with zero attached hydrogens (tertiary/aromatic N) is 3. The number of fused-ring (bicyclic) bond motifs is 1. The van der Waals surface area contributed by atoms with E-state index >= 15 is 0 Å². The van der Waals surface area contributed by atoms with Crippen molar-refractivity contribution in [2.24, 2.45) is 5.92 Å². The van der Waals surface area contributed by atoms with Gasteiger partial charge in [0.2, 0.25) is 5.95 Å². The number of anilines is 1. The Kier molecular flexibility index (Phi) is 3.15. The summed E-state index contributed by atoms with van der Waals surface area (Å²) in [6, 6.07) is 4.03. The predicted molar refractivity (Wildman–Crippen MR) is 69.8 cm³/mol. The number of rotatable bonds is 4. The molecule has 1 aliphatic rings. The summed E-state index contributed by atoms with van der Waals surface area (Å²) in [6.07, 6.45) is 4.22. The van der Waals surface area contributed by atoms with Crippen LogP contribution in [0.1, 0.15) is 18.4 Å². The van der Waals surface area contributed by atoms with Crippen molar-refractivity contribution in [1.82, 2.24) is 14.6 Å². The molecule has 1 atom stereocenters. The molecule has 96 valence electrons. The number of hydrogen-bond donors (Lipinski definition) is 1. The lowest BCUT2D eigenvalue weighted by molar-refractivity contribution is 0.185. The highest BCUT2D eigenvalue weighted by atomic mass is 16.5. The quantitative estimate of drug-likeness (QED) is 0.895. The molecule has 2 aromatic rings. The van der Waals surface area contributed by atoms with Crippen LogP contribution in [-0.2, 0) is 4.74 Å². The second-order valence-electron chi connectivity index (χ2n) is 4.84. The van der Waals surface area contributed by atoms with Crippen LogP contribution < -0.4 is 5.32 Å². The van der Waals surface area contributed by atoms with Gasteiger partial charge in [0.15, 0.2) is 5.65 Å². The van der Waals surface area contributed by atoms with E-state index in [-0.39, 0.29) is 0 Å². The van der Waals surface area contributed by atoms with E-state index in [9.17, 15) is 0 Å². The van der Waals surface area contributed by atoms with Crippen LogP contribution in [-0.4, -0.2) is 34.4 Å². The highest BCUT2D eigenvalue weighted by Crippen LogP contribution is 2.16. The Balaban J connectivity index is 1.62. The van der Waals surface area contributed by atoms with Gasteiger partial charge in [0.05, 0.1) is 0 Å². The number of nitrogens with one attached hydrogen (secondary N) is 1. The van der Waals surface area contributed by atoms with E-state index < -0.39 is 0 Å². The molecule has 0 aromatic carbocycles. The molecule has 0 bridgehead atoms. The zero-order valence-electron chi connectivity index (χ0n) is 10.6. The van der Waals surface area contributed by atoms with Gasteiger partial charge in [-0.05, 0) is 37.3 Å². The molecule has 0 saturated carbocycles. The highest BCUT2D eigenvalue weighted by Gasteiger charge is 2.15. The average molecular weight is 246 g/mol. The van der Waals surface area contributed by atoms with Crippen LogP contribution in [0.4, 0.5) is 5.95 Å². The third-order valence-electron chi connectivity index (χ3n) is 3.42. The molecule has 0 amide bonds. The van der Waals surface area contributed by atoms with Crippen molar-refractivity contribution < 1.29 is 4.74 Å². The lowest BCUT2D eigenvalue weighted by Crippen LogP contribution is -2.09. The largest absolute Gasteiger partial charge is 0.381 e. The molecule has 0 aliphatic carbocycles. The third kappa shape index (κ3) is 2.31. The van der Waals surface area contributed by atoms with Crippen molar-refractivity contribution in [3.8, 4) is 0 Å². The fourth-order valence-electron chi connectivity index (χ4n) is 2.31. The van der Waals surface area contributed by atoms with Crippen molar-refractivity contribution in [1.29, 1.82) is 0 Å². The number of aromatic nitrogens is 3. The molecule has 0 radical (unpaired) electrons. The first-order chi connectivity index (χ1) is 8.83. The maximum absolute atomic E-state index is 5.36. The fourth-order valence-corrected chi connectivity index (χ4v) is 2.31. The lowest BCUT2D eigenvalue weighted by atomic mass is 10.1. The van der Waals surface area contributed by atoms with Gasteiger partial charge in [0.1, 0.15) is 0 Å². The van der Waals surface area contributed by atoms with Crippen molar-refractivity contribution in [2.45, 2.75) is 19.8 Å². The highest BCUT2D eigenvalue weighted by molar-refractivity contribution is 5.49. The molecule has 1 fully saturated rings. The summed E-state index contributed by atoms with van der Waals surface area (Å²) >= 11 is 0. The minimum absolute atomic E-state index is 0.691. The minimum atomic E-state index is 0.691.